The van der Waals surface area contributed by atoms with Gasteiger partial charge in [0, 0.05) is 85.5 Å². The summed E-state index contributed by atoms with van der Waals surface area (Å²) in [4.78, 5) is 232. The molecule has 0 saturated heterocycles. The van der Waals surface area contributed by atoms with E-state index in [9.17, 15) is 92.0 Å². The molecule has 628 valence electrons. The van der Waals surface area contributed by atoms with Crippen LogP contribution in [0.5, 0.6) is 0 Å². The quantitative estimate of drug-likeness (QED) is 0.0179. The number of carboxylic acid groups (broad SMARTS) is 2. The van der Waals surface area contributed by atoms with Crippen molar-refractivity contribution in [3.05, 3.63) is 126 Å². The number of aldehydes is 1. The van der Waals surface area contributed by atoms with Gasteiger partial charge >= 0.3 is 11.9 Å². The number of para-hydroxylation sites is 2. The standard InChI is InChI=1S/C78H107N19O19/c1-39(2)26-56(91-75(113)61(31-48-36-82-38-86-48)94-73(111)59(29-46-34-83-51-20-14-12-18-49(46)51)90-68(106)42(7)87-70(108)54(24-25-98)89-72(110)55(81-9)32-64(103)104)69(107)85-37-62(100)88-53(22-23-63(101)102)71(109)92-57(27-40(3)4)76(114)96-65(41(5)6)78(116)95-60(30-47-35-84-52-21-15-13-19-50(47)52)74(112)93-58(28-44-16-10-11-17-45(44)33-79)77(115)97-66(43(8)99)67(80)105/h10-21,25,34-36,38-43,53-61,65-66,81,83-84,99H,22-24,26-33,37,79H2,1-9H3,(H2,80,105)(H,82,86)(H,85,107)(H,87,108)(H,88,100)(H,89,110)(H,90,106)(H,91,113)(H,92,109)(H,93,112)(H,94,111)(H,95,116)(H,96,114)(H,97,115)(H,101,102)(H,103,104)/t42-,43+,53-,54-,55-,56-,57-,58-,59-,60-,61-,65-,66-/m0/s1. The zero-order valence-corrected chi connectivity index (χ0v) is 66.0. The Hall–Kier alpha value is -12.5. The lowest BCUT2D eigenvalue weighted by atomic mass is 9.97. The van der Waals surface area contributed by atoms with E-state index in [0.717, 1.165) is 0 Å². The third kappa shape index (κ3) is 28.3. The largest absolute Gasteiger partial charge is 0.481 e. The number of aliphatic hydroxyl groups is 1. The van der Waals surface area contributed by atoms with Crippen LogP contribution in [0.15, 0.2) is 97.7 Å². The van der Waals surface area contributed by atoms with Gasteiger partial charge in [0.05, 0.1) is 37.1 Å². The number of likely N-dealkylation sites (N-methyl/N-ethyl adjacent to an activating group) is 1. The van der Waals surface area contributed by atoms with Crippen molar-refractivity contribution in [2.24, 2.45) is 29.2 Å². The number of aromatic amines is 3. The van der Waals surface area contributed by atoms with E-state index in [1.165, 1.54) is 33.4 Å². The molecular formula is C78H107N19O19. The molecule has 0 radical (unpaired) electrons. The molecular weight excluding hydrogens is 1510 g/mol. The molecule has 0 spiro atoms. The molecule has 38 heteroatoms. The molecule has 0 unspecified atom stereocenters. The van der Waals surface area contributed by atoms with Gasteiger partial charge in [0.2, 0.25) is 76.8 Å². The maximum Gasteiger partial charge on any atom is 0.305 e. The van der Waals surface area contributed by atoms with Gasteiger partial charge in [-0.15, -0.1) is 0 Å². The Kier molecular flexibility index (Phi) is 35.7. The fraction of sp³-hybridized carbons (Fsp3) is 0.474. The summed E-state index contributed by atoms with van der Waals surface area (Å²) in [5.74, 6) is -16.5. The van der Waals surface area contributed by atoms with E-state index in [-0.39, 0.29) is 62.6 Å². The lowest BCUT2D eigenvalue weighted by Gasteiger charge is -2.29. The molecule has 0 aliphatic carbocycles. The SMILES string of the molecule is CN[C@@H](CC(=O)O)C(=O)N[C@@H](CC=O)C(=O)N[C@@H](C)C(=O)N[C@@H](Cc1c[nH]c2ccccc12)C(=O)N[C@@H](Cc1c[nH]cn1)C(=O)N[C@@H](CC(C)C)C(=O)NCC(=O)N[C@@H](CCC(=O)O)C(=O)N[C@@H](CC(C)C)C(=O)N[C@H](C(=O)N[C@@H](Cc1c[nH]c2ccccc12)C(=O)N[C@@H](Cc1ccccc1CN)C(=O)N[C@H](C(N)=O)[C@@H](C)O)C(C)C. The maximum absolute atomic E-state index is 14.9. The van der Waals surface area contributed by atoms with Crippen molar-refractivity contribution in [2.45, 2.75) is 205 Å². The summed E-state index contributed by atoms with van der Waals surface area (Å²) in [6, 6.07) is 3.04. The molecule has 0 aliphatic heterocycles. The van der Waals surface area contributed by atoms with Gasteiger partial charge in [-0.3, -0.25) is 71.9 Å². The van der Waals surface area contributed by atoms with Crippen molar-refractivity contribution in [3.8, 4) is 0 Å². The van der Waals surface area contributed by atoms with Crippen LogP contribution in [0.25, 0.3) is 21.8 Å². The first-order valence-electron chi connectivity index (χ1n) is 38.0. The average molecular weight is 1610 g/mol. The number of aromatic nitrogens is 4. The molecule has 6 rings (SSSR count). The molecule has 0 aliphatic rings. The summed E-state index contributed by atoms with van der Waals surface area (Å²) in [6.45, 7) is 11.8. The summed E-state index contributed by atoms with van der Waals surface area (Å²) in [5.41, 5.74) is 15.4. The van der Waals surface area contributed by atoms with Crippen molar-refractivity contribution < 1.29 is 92.0 Å². The van der Waals surface area contributed by atoms with Crippen LogP contribution in [-0.4, -0.2) is 222 Å². The molecule has 3 heterocycles. The van der Waals surface area contributed by atoms with Crippen LogP contribution >= 0.6 is 0 Å². The number of H-pyrrole nitrogens is 3. The van der Waals surface area contributed by atoms with Crippen molar-refractivity contribution in [1.29, 1.82) is 0 Å². The monoisotopic (exact) mass is 1610 g/mol. The third-order valence-corrected chi connectivity index (χ3v) is 19.0. The van der Waals surface area contributed by atoms with Crippen molar-refractivity contribution in [3.63, 3.8) is 0 Å². The summed E-state index contributed by atoms with van der Waals surface area (Å²) < 4.78 is 0. The first-order valence-corrected chi connectivity index (χ1v) is 38.0. The molecule has 3 aromatic carbocycles. The van der Waals surface area contributed by atoms with Crippen molar-refractivity contribution >= 4 is 117 Å². The van der Waals surface area contributed by atoms with E-state index < -0.39 is 205 Å². The minimum absolute atomic E-state index is 0.0445. The second-order valence-electron chi connectivity index (χ2n) is 29.5. The minimum Gasteiger partial charge on any atom is -0.481 e. The smallest absolute Gasteiger partial charge is 0.305 e. The predicted octanol–water partition coefficient (Wildman–Crippen LogP) is -2.30. The molecule has 13 amide bonds. The number of hydrogen-bond donors (Lipinski definition) is 21. The molecule has 3 aromatic heterocycles. The van der Waals surface area contributed by atoms with E-state index in [4.69, 9.17) is 11.5 Å². The number of nitrogens with zero attached hydrogens (tertiary/aromatic N) is 1. The zero-order chi connectivity index (χ0) is 85.6. The van der Waals surface area contributed by atoms with E-state index in [1.807, 2.05) is 0 Å². The van der Waals surface area contributed by atoms with E-state index >= 15 is 0 Å². The molecule has 13 atom stereocenters. The van der Waals surface area contributed by atoms with Crippen molar-refractivity contribution in [2.75, 3.05) is 13.6 Å². The number of benzene rings is 3. The predicted molar refractivity (Wildman–Crippen MR) is 422 cm³/mol. The topological polar surface area (TPSA) is 602 Å². The van der Waals surface area contributed by atoms with E-state index in [0.29, 0.717) is 50.3 Å². The van der Waals surface area contributed by atoms with Crippen LogP contribution in [0, 0.1) is 17.8 Å². The Morgan fingerprint density at radius 1 is 0.466 bits per heavy atom. The number of carbonyl (C=O) groups is 16. The molecule has 0 bridgehead atoms. The number of aliphatic hydroxyl groups excluding tert-OH is 1. The highest BCUT2D eigenvalue weighted by Gasteiger charge is 2.39. The Labute approximate surface area is 668 Å². The number of aliphatic carboxylic acids is 2. The highest BCUT2D eigenvalue weighted by molar-refractivity contribution is 6.01. The normalized spacial score (nSPS) is 14.7. The molecule has 23 N–H and O–H groups in total. The highest BCUT2D eigenvalue weighted by Crippen LogP contribution is 2.23. The summed E-state index contributed by atoms with van der Waals surface area (Å²) in [6.07, 6.45) is 1.36. The number of imidazole rings is 1. The van der Waals surface area contributed by atoms with Gasteiger partial charge in [-0.05, 0) is 92.3 Å². The van der Waals surface area contributed by atoms with Gasteiger partial charge < -0.3 is 116 Å². The van der Waals surface area contributed by atoms with Crippen molar-refractivity contribution in [1.82, 2.24) is 89.1 Å². The van der Waals surface area contributed by atoms with Crippen LogP contribution in [0.2, 0.25) is 0 Å². The number of carbonyl (C=O) groups excluding carboxylic acids is 14. The number of hydrogen-bond acceptors (Lipinski definition) is 20. The second-order valence-corrected chi connectivity index (χ2v) is 29.5. The first kappa shape index (κ1) is 92.4. The minimum atomic E-state index is -1.68. The van der Waals surface area contributed by atoms with Crippen LogP contribution in [0.4, 0.5) is 0 Å². The molecule has 0 saturated carbocycles. The Morgan fingerprint density at radius 2 is 0.905 bits per heavy atom. The van der Waals surface area contributed by atoms with Gasteiger partial charge in [-0.1, -0.05) is 102 Å². The molecule has 116 heavy (non-hydrogen) atoms. The highest BCUT2D eigenvalue weighted by atomic mass is 16.4. The summed E-state index contributed by atoms with van der Waals surface area (Å²) in [5, 5.41) is 64.0. The maximum atomic E-state index is 14.9. The third-order valence-electron chi connectivity index (χ3n) is 19.0. The number of primary amides is 1. The lowest BCUT2D eigenvalue weighted by molar-refractivity contribution is -0.140. The van der Waals surface area contributed by atoms with E-state index in [2.05, 4.69) is 89.1 Å². The summed E-state index contributed by atoms with van der Waals surface area (Å²) in [7, 11) is 1.32. The van der Waals surface area contributed by atoms with Gasteiger partial charge in [0.25, 0.3) is 0 Å². The van der Waals surface area contributed by atoms with Gasteiger partial charge in [0.1, 0.15) is 72.7 Å². The van der Waals surface area contributed by atoms with Gasteiger partial charge in [-0.2, -0.15) is 0 Å². The van der Waals surface area contributed by atoms with Crippen LogP contribution in [0.3, 0.4) is 0 Å². The van der Waals surface area contributed by atoms with Crippen LogP contribution in [-0.2, 0) is 109 Å². The number of rotatable bonds is 48. The Balaban J connectivity index is 1.18. The number of nitrogens with one attached hydrogen (secondary N) is 16. The Bertz CT molecular complexity index is 4440. The molecule has 0 fully saturated rings. The van der Waals surface area contributed by atoms with Gasteiger partial charge in [0.15, 0.2) is 0 Å². The number of nitrogens with two attached hydrogens (primary N) is 2. The molecule has 6 aromatic rings. The fourth-order valence-electron chi connectivity index (χ4n) is 12.7. The number of amides is 13. The average Bonchev–Trinajstić information content (AvgIpc) is 1.67. The van der Waals surface area contributed by atoms with Crippen LogP contribution < -0.4 is 80.6 Å². The number of carboxylic acids is 2. The fourth-order valence-corrected chi connectivity index (χ4v) is 12.7. The van der Waals surface area contributed by atoms with Crippen LogP contribution in [0.1, 0.15) is 122 Å². The second kappa shape index (κ2) is 44.9. The lowest BCUT2D eigenvalue weighted by Crippen LogP contribution is -2.61. The Morgan fingerprint density at radius 3 is 1.39 bits per heavy atom. The van der Waals surface area contributed by atoms with E-state index in [1.54, 1.807) is 127 Å². The molecule has 38 nitrogen and oxygen atoms in total. The first-order chi connectivity index (χ1) is 55.0. The zero-order valence-electron chi connectivity index (χ0n) is 66.0. The summed E-state index contributed by atoms with van der Waals surface area (Å²) >= 11 is 0. The number of fused-ring (bicyclic) bond motifs is 2. The van der Waals surface area contributed by atoms with Gasteiger partial charge in [-0.25, -0.2) is 4.98 Å².